The fraction of sp³-hybridized carbons (Fsp3) is 0.278. The molecule has 0 unspecified atom stereocenters. The number of carbonyl (C=O) groups is 1. The van der Waals surface area contributed by atoms with Crippen molar-refractivity contribution in [1.29, 1.82) is 0 Å². The number of hydrogen-bond acceptors (Lipinski definition) is 6. The van der Waals surface area contributed by atoms with Gasteiger partial charge in [0.1, 0.15) is 11.5 Å². The highest BCUT2D eigenvalue weighted by atomic mass is 32.2. The van der Waals surface area contributed by atoms with Gasteiger partial charge in [-0.05, 0) is 42.5 Å². The van der Waals surface area contributed by atoms with Gasteiger partial charge in [0.2, 0.25) is 15.9 Å². The van der Waals surface area contributed by atoms with Crippen molar-refractivity contribution in [3.8, 4) is 11.5 Å². The third kappa shape index (κ3) is 6.55. The summed E-state index contributed by atoms with van der Waals surface area (Å²) in [4.78, 5) is 12.1. The highest BCUT2D eigenvalue weighted by Crippen LogP contribution is 2.18. The number of amides is 1. The van der Waals surface area contributed by atoms with Crippen LogP contribution in [0.4, 0.5) is 5.69 Å². The molecular formula is C18H23N3O5S. The number of hydrogen-bond donors (Lipinski definition) is 3. The largest absolute Gasteiger partial charge is 0.497 e. The van der Waals surface area contributed by atoms with Crippen molar-refractivity contribution in [1.82, 2.24) is 4.72 Å². The maximum atomic E-state index is 12.1. The number of methoxy groups -OCH3 is 1. The summed E-state index contributed by atoms with van der Waals surface area (Å²) in [6.45, 7) is 0.527. The topological polar surface area (TPSA) is 120 Å². The molecule has 2 aromatic rings. The van der Waals surface area contributed by atoms with Crippen LogP contribution in [-0.2, 0) is 14.8 Å². The van der Waals surface area contributed by atoms with Crippen LogP contribution in [-0.4, -0.2) is 41.1 Å². The minimum atomic E-state index is -3.66. The van der Waals surface area contributed by atoms with Crippen molar-refractivity contribution < 1.29 is 22.7 Å². The van der Waals surface area contributed by atoms with E-state index in [1.54, 1.807) is 43.5 Å². The molecule has 0 fully saturated rings. The predicted octanol–water partition coefficient (Wildman–Crippen LogP) is 1.34. The van der Waals surface area contributed by atoms with Gasteiger partial charge >= 0.3 is 0 Å². The van der Waals surface area contributed by atoms with Gasteiger partial charge in [-0.2, -0.15) is 0 Å². The first-order valence-corrected chi connectivity index (χ1v) is 9.79. The van der Waals surface area contributed by atoms with Crippen LogP contribution in [0, 0.1) is 0 Å². The van der Waals surface area contributed by atoms with Gasteiger partial charge in [0, 0.05) is 18.8 Å². The number of sulfonamides is 1. The van der Waals surface area contributed by atoms with Gasteiger partial charge in [0.05, 0.1) is 25.0 Å². The molecule has 9 heteroatoms. The number of benzene rings is 2. The Bertz CT molecular complexity index is 854. The second kappa shape index (κ2) is 9.91. The second-order valence-corrected chi connectivity index (χ2v) is 7.30. The average Bonchev–Trinajstić information content (AvgIpc) is 2.67. The van der Waals surface area contributed by atoms with Crippen LogP contribution >= 0.6 is 0 Å². The molecule has 2 aromatic carbocycles. The van der Waals surface area contributed by atoms with E-state index in [1.165, 1.54) is 12.1 Å². The van der Waals surface area contributed by atoms with Gasteiger partial charge in [-0.25, -0.2) is 13.1 Å². The molecular weight excluding hydrogens is 370 g/mol. The van der Waals surface area contributed by atoms with E-state index in [4.69, 9.17) is 15.2 Å². The molecule has 0 heterocycles. The molecule has 27 heavy (non-hydrogen) atoms. The molecule has 4 N–H and O–H groups in total. The van der Waals surface area contributed by atoms with E-state index < -0.39 is 10.0 Å². The summed E-state index contributed by atoms with van der Waals surface area (Å²) < 4.78 is 37.1. The standard InChI is InChI=1S/C18H23N3O5S/c1-25-15-5-7-16(8-6-15)26-12-9-18(22)21-14-3-2-4-17(13-14)27(23,24)20-11-10-19/h2-8,13,20H,9-12,19H2,1H3,(H,21,22). The lowest BCUT2D eigenvalue weighted by molar-refractivity contribution is -0.116. The molecule has 0 aliphatic carbocycles. The van der Waals surface area contributed by atoms with E-state index in [0.717, 1.165) is 5.75 Å². The Kier molecular flexibility index (Phi) is 7.59. The van der Waals surface area contributed by atoms with Crippen LogP contribution in [0.5, 0.6) is 11.5 Å². The quantitative estimate of drug-likeness (QED) is 0.560. The van der Waals surface area contributed by atoms with Crippen molar-refractivity contribution >= 4 is 21.6 Å². The fourth-order valence-corrected chi connectivity index (χ4v) is 3.27. The molecule has 8 nitrogen and oxygen atoms in total. The molecule has 0 radical (unpaired) electrons. The maximum Gasteiger partial charge on any atom is 0.240 e. The van der Waals surface area contributed by atoms with Crippen molar-refractivity contribution in [2.45, 2.75) is 11.3 Å². The van der Waals surface area contributed by atoms with Crippen LogP contribution in [0.1, 0.15) is 6.42 Å². The highest BCUT2D eigenvalue weighted by Gasteiger charge is 2.14. The van der Waals surface area contributed by atoms with Crippen LogP contribution in [0.15, 0.2) is 53.4 Å². The van der Waals surface area contributed by atoms with Gasteiger partial charge in [-0.15, -0.1) is 0 Å². The maximum absolute atomic E-state index is 12.1. The van der Waals surface area contributed by atoms with Gasteiger partial charge in [0.25, 0.3) is 0 Å². The zero-order chi connectivity index (χ0) is 19.7. The normalized spacial score (nSPS) is 11.0. The highest BCUT2D eigenvalue weighted by molar-refractivity contribution is 7.89. The van der Waals surface area contributed by atoms with Crippen molar-refractivity contribution in [3.63, 3.8) is 0 Å². The number of anilines is 1. The smallest absolute Gasteiger partial charge is 0.240 e. The summed E-state index contributed by atoms with van der Waals surface area (Å²) in [5, 5.41) is 2.66. The van der Waals surface area contributed by atoms with E-state index in [0.29, 0.717) is 11.4 Å². The summed E-state index contributed by atoms with van der Waals surface area (Å²) in [5.74, 6) is 1.06. The molecule has 0 saturated carbocycles. The fourth-order valence-electron chi connectivity index (χ4n) is 2.17. The van der Waals surface area contributed by atoms with E-state index in [9.17, 15) is 13.2 Å². The van der Waals surface area contributed by atoms with E-state index in [2.05, 4.69) is 10.0 Å². The molecule has 146 valence electrons. The monoisotopic (exact) mass is 393 g/mol. The summed E-state index contributed by atoms with van der Waals surface area (Å²) in [6.07, 6.45) is 0.119. The minimum absolute atomic E-state index is 0.0585. The molecule has 0 bridgehead atoms. The van der Waals surface area contributed by atoms with Crippen LogP contribution in [0.3, 0.4) is 0 Å². The van der Waals surface area contributed by atoms with E-state index >= 15 is 0 Å². The first-order chi connectivity index (χ1) is 12.9. The Labute approximate surface area is 158 Å². The first kappa shape index (κ1) is 20.7. The van der Waals surface area contributed by atoms with Gasteiger partial charge in [-0.3, -0.25) is 4.79 Å². The number of rotatable bonds is 10. The molecule has 0 aromatic heterocycles. The lowest BCUT2D eigenvalue weighted by Crippen LogP contribution is -2.29. The summed E-state index contributed by atoms with van der Waals surface area (Å²) >= 11 is 0. The Hall–Kier alpha value is -2.62. The van der Waals surface area contributed by atoms with Crippen LogP contribution in [0.2, 0.25) is 0 Å². The van der Waals surface area contributed by atoms with Crippen molar-refractivity contribution in [3.05, 3.63) is 48.5 Å². The average molecular weight is 393 g/mol. The number of nitrogens with two attached hydrogens (primary N) is 1. The predicted molar refractivity (Wildman–Crippen MR) is 102 cm³/mol. The number of nitrogens with one attached hydrogen (secondary N) is 2. The summed E-state index contributed by atoms with van der Waals surface area (Å²) in [7, 11) is -2.08. The SMILES string of the molecule is COc1ccc(OCCC(=O)Nc2cccc(S(=O)(=O)NCCN)c2)cc1. The molecule has 0 spiro atoms. The molecule has 0 atom stereocenters. The van der Waals surface area contributed by atoms with E-state index in [1.807, 2.05) is 0 Å². The Morgan fingerprint density at radius 3 is 2.48 bits per heavy atom. The first-order valence-electron chi connectivity index (χ1n) is 8.31. The molecule has 0 aliphatic rings. The second-order valence-electron chi connectivity index (χ2n) is 5.54. The lowest BCUT2D eigenvalue weighted by atomic mass is 10.3. The van der Waals surface area contributed by atoms with E-state index in [-0.39, 0.29) is 36.9 Å². The Morgan fingerprint density at radius 1 is 1.11 bits per heavy atom. The third-order valence-corrected chi connectivity index (χ3v) is 4.98. The zero-order valence-electron chi connectivity index (χ0n) is 15.0. The van der Waals surface area contributed by atoms with Gasteiger partial charge in [-0.1, -0.05) is 6.07 Å². The van der Waals surface area contributed by atoms with Gasteiger partial charge in [0.15, 0.2) is 0 Å². The molecule has 2 rings (SSSR count). The lowest BCUT2D eigenvalue weighted by Gasteiger charge is -2.10. The Balaban J connectivity index is 1.87. The Morgan fingerprint density at radius 2 is 1.81 bits per heavy atom. The van der Waals surface area contributed by atoms with Crippen LogP contribution in [0.25, 0.3) is 0 Å². The van der Waals surface area contributed by atoms with Crippen molar-refractivity contribution in [2.24, 2.45) is 5.73 Å². The summed E-state index contributed by atoms with van der Waals surface area (Å²) in [5.41, 5.74) is 5.70. The van der Waals surface area contributed by atoms with Gasteiger partial charge < -0.3 is 20.5 Å². The zero-order valence-corrected chi connectivity index (χ0v) is 15.8. The number of carbonyl (C=O) groups excluding carboxylic acids is 1. The third-order valence-electron chi connectivity index (χ3n) is 3.52. The van der Waals surface area contributed by atoms with Crippen molar-refractivity contribution in [2.75, 3.05) is 32.1 Å². The minimum Gasteiger partial charge on any atom is -0.497 e. The molecule has 0 aliphatic heterocycles. The molecule has 1 amide bonds. The molecule has 0 saturated heterocycles. The van der Waals surface area contributed by atoms with Crippen LogP contribution < -0.4 is 25.2 Å². The number of ether oxygens (including phenoxy) is 2. The summed E-state index contributed by atoms with van der Waals surface area (Å²) in [6, 6.07) is 13.0.